The fourth-order valence-electron chi connectivity index (χ4n) is 2.97. The van der Waals surface area contributed by atoms with Gasteiger partial charge in [-0.25, -0.2) is 0 Å². The lowest BCUT2D eigenvalue weighted by Crippen LogP contribution is -2.29. The number of benzene rings is 1. The van der Waals surface area contributed by atoms with Gasteiger partial charge in [-0.15, -0.1) is 0 Å². The molecular weight excluding hydrogens is 374 g/mol. The molecule has 0 bridgehead atoms. The van der Waals surface area contributed by atoms with Crippen LogP contribution in [-0.4, -0.2) is 19.9 Å². The molecule has 0 spiro atoms. The topological polar surface area (TPSA) is 130 Å². The number of ether oxygens (including phenoxy) is 1. The smallest absolute Gasteiger partial charge is 0.259 e. The molecule has 4 rings (SSSR count). The zero-order valence-electron chi connectivity index (χ0n) is 12.9. The third-order valence-corrected chi connectivity index (χ3v) is 4.45. The second-order valence-corrected chi connectivity index (χ2v) is 6.39. The molecule has 26 heavy (non-hydrogen) atoms. The minimum absolute atomic E-state index is 0.0965. The van der Waals surface area contributed by atoms with E-state index in [0.29, 0.717) is 11.1 Å². The Balaban J connectivity index is 2.08. The Kier molecular flexibility index (Phi) is 3.68. The van der Waals surface area contributed by atoms with Crippen molar-refractivity contribution in [2.45, 2.75) is 5.92 Å². The highest BCUT2D eigenvalue weighted by atomic mass is 32.1. The van der Waals surface area contributed by atoms with Gasteiger partial charge in [-0.05, 0) is 42.1 Å². The maximum absolute atomic E-state index is 12.6. The number of aromatic amines is 4. The average Bonchev–Trinajstić information content (AvgIpc) is 2.59. The van der Waals surface area contributed by atoms with E-state index in [9.17, 15) is 9.59 Å². The van der Waals surface area contributed by atoms with Crippen LogP contribution >= 0.6 is 24.4 Å². The van der Waals surface area contributed by atoms with Crippen molar-refractivity contribution in [2.24, 2.45) is 0 Å². The van der Waals surface area contributed by atoms with Crippen LogP contribution in [0.25, 0.3) is 0 Å². The second-order valence-electron chi connectivity index (χ2n) is 5.57. The predicted octanol–water partition coefficient (Wildman–Crippen LogP) is 2.34. The van der Waals surface area contributed by atoms with E-state index in [-0.39, 0.29) is 32.4 Å². The van der Waals surface area contributed by atoms with E-state index in [1.54, 1.807) is 24.3 Å². The van der Waals surface area contributed by atoms with Crippen molar-refractivity contribution in [3.63, 3.8) is 0 Å². The molecule has 0 radical (unpaired) electrons. The zero-order valence-corrected chi connectivity index (χ0v) is 14.5. The summed E-state index contributed by atoms with van der Waals surface area (Å²) in [4.78, 5) is 35.7. The van der Waals surface area contributed by atoms with Gasteiger partial charge in [0.2, 0.25) is 11.8 Å². The molecule has 0 amide bonds. The maximum Gasteiger partial charge on any atom is 0.259 e. The summed E-state index contributed by atoms with van der Waals surface area (Å²) in [6, 6.07) is 8.63. The van der Waals surface area contributed by atoms with Gasteiger partial charge in [0.25, 0.3) is 11.1 Å². The van der Waals surface area contributed by atoms with Crippen molar-refractivity contribution in [1.29, 1.82) is 5.26 Å². The molecule has 8 nitrogen and oxygen atoms in total. The number of hydrogen-bond donors (Lipinski definition) is 4. The standard InChI is InChI=1S/C16H9N5O3S2/c17-5-6-1-3-7(4-2-6)8-9-11(22)18-15(25)20-13(9)24-14-10(8)12(23)19-16(26)21-14/h1-4,8H,(H2,18,20,22,25)(H2,19,21,23,26). The number of aromatic nitrogens is 4. The Hall–Kier alpha value is -3.29. The minimum atomic E-state index is -0.729. The summed E-state index contributed by atoms with van der Waals surface area (Å²) in [6.07, 6.45) is 0. The van der Waals surface area contributed by atoms with Crippen molar-refractivity contribution in [3.05, 3.63) is 76.8 Å². The van der Waals surface area contributed by atoms with Gasteiger partial charge >= 0.3 is 0 Å². The van der Waals surface area contributed by atoms with Crippen molar-refractivity contribution in [1.82, 2.24) is 19.9 Å². The molecule has 128 valence electrons. The van der Waals surface area contributed by atoms with Gasteiger partial charge in [-0.2, -0.15) is 5.26 Å². The van der Waals surface area contributed by atoms with Gasteiger partial charge in [0.15, 0.2) is 9.54 Å². The third-order valence-electron chi connectivity index (χ3n) is 4.04. The fourth-order valence-corrected chi connectivity index (χ4v) is 3.34. The van der Waals surface area contributed by atoms with E-state index in [0.717, 1.165) is 0 Å². The predicted molar refractivity (Wildman–Crippen MR) is 96.7 cm³/mol. The highest BCUT2D eigenvalue weighted by molar-refractivity contribution is 7.71. The van der Waals surface area contributed by atoms with E-state index in [4.69, 9.17) is 34.4 Å². The third kappa shape index (κ3) is 2.50. The molecule has 0 saturated heterocycles. The van der Waals surface area contributed by atoms with Gasteiger partial charge in [-0.3, -0.25) is 19.6 Å². The molecular formula is C16H9N5O3S2. The molecule has 3 heterocycles. The summed E-state index contributed by atoms with van der Waals surface area (Å²) < 4.78 is 5.85. The first-order valence-corrected chi connectivity index (χ1v) is 8.20. The van der Waals surface area contributed by atoms with Crippen molar-refractivity contribution < 1.29 is 4.74 Å². The molecule has 0 fully saturated rings. The zero-order chi connectivity index (χ0) is 18.4. The molecule has 1 aliphatic rings. The van der Waals surface area contributed by atoms with Crippen LogP contribution in [-0.2, 0) is 0 Å². The second kappa shape index (κ2) is 5.91. The van der Waals surface area contributed by atoms with Crippen LogP contribution in [0.1, 0.15) is 28.2 Å². The largest absolute Gasteiger partial charge is 0.423 e. The molecule has 4 N–H and O–H groups in total. The quantitative estimate of drug-likeness (QED) is 0.373. The molecule has 1 aromatic carbocycles. The number of nitrogens with zero attached hydrogens (tertiary/aromatic N) is 1. The Morgan fingerprint density at radius 2 is 1.38 bits per heavy atom. The number of H-pyrrole nitrogens is 4. The summed E-state index contributed by atoms with van der Waals surface area (Å²) in [5.41, 5.74) is 0.598. The average molecular weight is 383 g/mol. The lowest BCUT2D eigenvalue weighted by molar-refractivity contribution is 0.408. The van der Waals surface area contributed by atoms with E-state index >= 15 is 0 Å². The van der Waals surface area contributed by atoms with Crippen LogP contribution in [0, 0.1) is 20.9 Å². The summed E-state index contributed by atoms with van der Waals surface area (Å²) in [5.74, 6) is -0.457. The monoisotopic (exact) mass is 383 g/mol. The van der Waals surface area contributed by atoms with E-state index < -0.39 is 17.0 Å². The summed E-state index contributed by atoms with van der Waals surface area (Å²) in [5, 5.41) is 8.99. The lowest BCUT2D eigenvalue weighted by Gasteiger charge is -2.25. The SMILES string of the molecule is N#Cc1ccc(C2c3c([nH]c(=S)[nH]c3=O)Oc3[nH]c(=S)[nH]c(=O)c32)cc1. The number of nitriles is 1. The van der Waals surface area contributed by atoms with Crippen molar-refractivity contribution in [3.8, 4) is 17.8 Å². The normalized spacial score (nSPS) is 12.6. The van der Waals surface area contributed by atoms with Crippen LogP contribution in [0.15, 0.2) is 33.9 Å². The Bertz CT molecular complexity index is 1230. The number of hydrogen-bond acceptors (Lipinski definition) is 6. The number of rotatable bonds is 1. The van der Waals surface area contributed by atoms with Crippen LogP contribution in [0.3, 0.4) is 0 Å². The first-order valence-electron chi connectivity index (χ1n) is 7.39. The molecule has 10 heteroatoms. The molecule has 2 aromatic heterocycles. The van der Waals surface area contributed by atoms with E-state index in [1.165, 1.54) is 0 Å². The Morgan fingerprint density at radius 3 is 1.85 bits per heavy atom. The van der Waals surface area contributed by atoms with Crippen LogP contribution in [0.2, 0.25) is 0 Å². The van der Waals surface area contributed by atoms with Crippen LogP contribution < -0.4 is 15.9 Å². The van der Waals surface area contributed by atoms with Gasteiger partial charge in [0.05, 0.1) is 28.7 Å². The van der Waals surface area contributed by atoms with Crippen LogP contribution in [0.5, 0.6) is 11.8 Å². The highest BCUT2D eigenvalue weighted by Gasteiger charge is 2.35. The van der Waals surface area contributed by atoms with Gasteiger partial charge < -0.3 is 14.7 Å². The highest BCUT2D eigenvalue weighted by Crippen LogP contribution is 2.41. The fraction of sp³-hybridized carbons (Fsp3) is 0.0625. The van der Waals surface area contributed by atoms with Crippen LogP contribution in [0.4, 0.5) is 0 Å². The first-order chi connectivity index (χ1) is 12.5. The van der Waals surface area contributed by atoms with Crippen molar-refractivity contribution >= 4 is 24.4 Å². The molecule has 0 unspecified atom stereocenters. The molecule has 3 aromatic rings. The number of fused-ring (bicyclic) bond motifs is 2. The molecule has 0 saturated carbocycles. The summed E-state index contributed by atoms with van der Waals surface area (Å²) in [7, 11) is 0. The Morgan fingerprint density at radius 1 is 0.885 bits per heavy atom. The summed E-state index contributed by atoms with van der Waals surface area (Å²) in [6.45, 7) is 0. The van der Waals surface area contributed by atoms with E-state index in [1.807, 2.05) is 6.07 Å². The van der Waals surface area contributed by atoms with Gasteiger partial charge in [0, 0.05) is 0 Å². The lowest BCUT2D eigenvalue weighted by atomic mass is 9.85. The summed E-state index contributed by atoms with van der Waals surface area (Å²) >= 11 is 9.99. The molecule has 0 aliphatic carbocycles. The van der Waals surface area contributed by atoms with Gasteiger partial charge in [-0.1, -0.05) is 12.1 Å². The Labute approximate surface area is 155 Å². The maximum atomic E-state index is 12.6. The van der Waals surface area contributed by atoms with Gasteiger partial charge in [0.1, 0.15) is 0 Å². The molecule has 0 atom stereocenters. The minimum Gasteiger partial charge on any atom is -0.423 e. The molecule has 1 aliphatic heterocycles. The first kappa shape index (κ1) is 16.2. The number of nitrogens with one attached hydrogen (secondary N) is 4. The van der Waals surface area contributed by atoms with Crippen molar-refractivity contribution in [2.75, 3.05) is 0 Å². The van der Waals surface area contributed by atoms with E-state index in [2.05, 4.69) is 19.9 Å².